The van der Waals surface area contributed by atoms with Crippen LogP contribution in [0.25, 0.3) is 11.4 Å². The van der Waals surface area contributed by atoms with Crippen LogP contribution < -0.4 is 5.32 Å². The minimum atomic E-state index is -0.219. The van der Waals surface area contributed by atoms with Crippen molar-refractivity contribution in [2.24, 2.45) is 7.05 Å². The summed E-state index contributed by atoms with van der Waals surface area (Å²) < 4.78 is 2.47. The van der Waals surface area contributed by atoms with E-state index in [2.05, 4.69) is 63.7 Å². The molecule has 1 amide bonds. The summed E-state index contributed by atoms with van der Waals surface area (Å²) in [4.78, 5) is 21.4. The molecule has 7 heteroatoms. The smallest absolute Gasteiger partial charge is 0.271 e. The van der Waals surface area contributed by atoms with Crippen molar-refractivity contribution < 1.29 is 4.79 Å². The van der Waals surface area contributed by atoms with Gasteiger partial charge in [0.15, 0.2) is 9.53 Å². The summed E-state index contributed by atoms with van der Waals surface area (Å²) in [5, 5.41) is 7.20. The number of aromatic nitrogens is 4. The lowest BCUT2D eigenvalue weighted by molar-refractivity contribution is 0.0954. The van der Waals surface area contributed by atoms with Crippen LogP contribution in [-0.4, -0.2) is 32.7 Å². The van der Waals surface area contributed by atoms with Crippen molar-refractivity contribution in [1.29, 1.82) is 0 Å². The fourth-order valence-electron chi connectivity index (χ4n) is 3.79. The first kappa shape index (κ1) is 16.4. The Kier molecular flexibility index (Phi) is 3.94. The van der Waals surface area contributed by atoms with Gasteiger partial charge in [0.25, 0.3) is 5.91 Å². The molecule has 122 valence electrons. The summed E-state index contributed by atoms with van der Waals surface area (Å²) in [5.41, 5.74) is 4.21. The molecule has 3 rings (SSSR count). The minimum Gasteiger partial charge on any atom is -0.354 e. The highest BCUT2D eigenvalue weighted by molar-refractivity contribution is 14.1. The standard InChI is InChI=1S/C16H20IN5O/c1-6-9-8-7-19-15(17)20-11(8)13-10(16(9,2)3)12(14(23)18-4)21-22(13)5/h7,9H,6H2,1-5H3,(H,18,23). The molecule has 0 aliphatic heterocycles. The number of amides is 1. The molecule has 0 aromatic carbocycles. The first-order chi connectivity index (χ1) is 10.8. The van der Waals surface area contributed by atoms with Gasteiger partial charge in [0, 0.05) is 59.4 Å². The average molecular weight is 425 g/mol. The van der Waals surface area contributed by atoms with Crippen LogP contribution in [0.4, 0.5) is 0 Å². The van der Waals surface area contributed by atoms with Crippen molar-refractivity contribution in [2.45, 2.75) is 38.5 Å². The Morgan fingerprint density at radius 2 is 2.17 bits per heavy atom. The molecular weight excluding hydrogens is 405 g/mol. The number of aryl methyl sites for hydroxylation is 1. The minimum absolute atomic E-state index is 0.156. The van der Waals surface area contributed by atoms with Gasteiger partial charge in [0.05, 0.1) is 11.4 Å². The number of rotatable bonds is 2. The van der Waals surface area contributed by atoms with Gasteiger partial charge in [-0.3, -0.25) is 9.48 Å². The van der Waals surface area contributed by atoms with E-state index in [4.69, 9.17) is 0 Å². The second-order valence-corrected chi connectivity index (χ2v) is 7.37. The maximum atomic E-state index is 12.3. The second kappa shape index (κ2) is 5.54. The highest BCUT2D eigenvalue weighted by atomic mass is 127. The van der Waals surface area contributed by atoms with E-state index in [-0.39, 0.29) is 17.2 Å². The van der Waals surface area contributed by atoms with E-state index in [1.54, 1.807) is 11.7 Å². The summed E-state index contributed by atoms with van der Waals surface area (Å²) in [5.74, 6) is 0.0894. The van der Waals surface area contributed by atoms with Crippen LogP contribution in [-0.2, 0) is 12.5 Å². The normalized spacial score (nSPS) is 18.3. The van der Waals surface area contributed by atoms with Gasteiger partial charge < -0.3 is 5.32 Å². The first-order valence-corrected chi connectivity index (χ1v) is 8.73. The van der Waals surface area contributed by atoms with E-state index in [0.29, 0.717) is 9.53 Å². The topological polar surface area (TPSA) is 72.7 Å². The molecule has 0 radical (unpaired) electrons. The lowest BCUT2D eigenvalue weighted by Gasteiger charge is -2.39. The van der Waals surface area contributed by atoms with Crippen molar-refractivity contribution in [3.8, 4) is 11.4 Å². The lowest BCUT2D eigenvalue weighted by Crippen LogP contribution is -2.34. The predicted molar refractivity (Wildman–Crippen MR) is 96.4 cm³/mol. The molecule has 0 bridgehead atoms. The molecule has 1 unspecified atom stereocenters. The lowest BCUT2D eigenvalue weighted by atomic mass is 9.64. The third-order valence-electron chi connectivity index (χ3n) is 4.80. The molecule has 0 spiro atoms. The number of hydrogen-bond donors (Lipinski definition) is 1. The van der Waals surface area contributed by atoms with Crippen LogP contribution in [0.2, 0.25) is 0 Å². The predicted octanol–water partition coefficient (Wildman–Crippen LogP) is 2.63. The second-order valence-electron chi connectivity index (χ2n) is 6.40. The molecule has 2 aromatic heterocycles. The number of nitrogens with zero attached hydrogens (tertiary/aromatic N) is 4. The summed E-state index contributed by atoms with van der Waals surface area (Å²) in [6.45, 7) is 6.51. The SMILES string of the molecule is CCC1c2cnc(I)nc2-c2c(c(C(=O)NC)nn2C)C1(C)C. The van der Waals surface area contributed by atoms with Gasteiger partial charge in [-0.15, -0.1) is 0 Å². The maximum absolute atomic E-state index is 12.3. The van der Waals surface area contributed by atoms with Gasteiger partial charge in [0.1, 0.15) is 0 Å². The van der Waals surface area contributed by atoms with E-state index in [1.807, 2.05) is 13.2 Å². The Bertz CT molecular complexity index is 796. The van der Waals surface area contributed by atoms with Gasteiger partial charge in [-0.1, -0.05) is 20.8 Å². The molecule has 1 aliphatic carbocycles. The van der Waals surface area contributed by atoms with Crippen molar-refractivity contribution in [1.82, 2.24) is 25.1 Å². The largest absolute Gasteiger partial charge is 0.354 e. The van der Waals surface area contributed by atoms with Crippen LogP contribution in [0.5, 0.6) is 0 Å². The summed E-state index contributed by atoms with van der Waals surface area (Å²) in [6, 6.07) is 0. The number of carbonyl (C=O) groups is 1. The quantitative estimate of drug-likeness (QED) is 0.593. The number of nitrogens with one attached hydrogen (secondary N) is 1. The number of fused-ring (bicyclic) bond motifs is 3. The maximum Gasteiger partial charge on any atom is 0.271 e. The summed E-state index contributed by atoms with van der Waals surface area (Å²) in [6.07, 6.45) is 2.88. The zero-order valence-electron chi connectivity index (χ0n) is 13.9. The molecule has 1 atom stereocenters. The molecule has 0 saturated heterocycles. The number of hydrogen-bond acceptors (Lipinski definition) is 4. The van der Waals surface area contributed by atoms with Gasteiger partial charge in [-0.25, -0.2) is 9.97 Å². The third kappa shape index (κ3) is 2.28. The molecule has 6 nitrogen and oxygen atoms in total. The molecule has 1 N–H and O–H groups in total. The van der Waals surface area contributed by atoms with Crippen LogP contribution in [0, 0.1) is 3.83 Å². The highest BCUT2D eigenvalue weighted by Gasteiger charge is 2.45. The van der Waals surface area contributed by atoms with E-state index < -0.39 is 0 Å². The van der Waals surface area contributed by atoms with E-state index in [0.717, 1.165) is 28.9 Å². The third-order valence-corrected chi connectivity index (χ3v) is 5.32. The fourth-order valence-corrected chi connectivity index (χ4v) is 4.17. The van der Waals surface area contributed by atoms with Crippen LogP contribution in [0.15, 0.2) is 6.20 Å². The molecule has 23 heavy (non-hydrogen) atoms. The van der Waals surface area contributed by atoms with E-state index in [1.165, 1.54) is 0 Å². The summed E-state index contributed by atoms with van der Waals surface area (Å²) in [7, 11) is 3.50. The molecule has 1 aliphatic rings. The Hall–Kier alpha value is -1.51. The highest BCUT2D eigenvalue weighted by Crippen LogP contribution is 2.51. The molecule has 0 saturated carbocycles. The van der Waals surface area contributed by atoms with Crippen LogP contribution >= 0.6 is 22.6 Å². The van der Waals surface area contributed by atoms with E-state index >= 15 is 0 Å². The molecule has 2 heterocycles. The van der Waals surface area contributed by atoms with Crippen molar-refractivity contribution in [3.05, 3.63) is 26.8 Å². The van der Waals surface area contributed by atoms with Crippen molar-refractivity contribution >= 4 is 28.5 Å². The van der Waals surface area contributed by atoms with Crippen molar-refractivity contribution in [2.75, 3.05) is 7.05 Å². The van der Waals surface area contributed by atoms with E-state index in [9.17, 15) is 4.79 Å². The van der Waals surface area contributed by atoms with Crippen molar-refractivity contribution in [3.63, 3.8) is 0 Å². The average Bonchev–Trinajstić information content (AvgIpc) is 2.86. The Morgan fingerprint density at radius 3 is 2.78 bits per heavy atom. The van der Waals surface area contributed by atoms with Crippen LogP contribution in [0.1, 0.15) is 54.7 Å². The van der Waals surface area contributed by atoms with Crippen LogP contribution in [0.3, 0.4) is 0 Å². The Labute approximate surface area is 149 Å². The Morgan fingerprint density at radius 1 is 1.48 bits per heavy atom. The molecule has 0 fully saturated rings. The van der Waals surface area contributed by atoms with Gasteiger partial charge in [0.2, 0.25) is 0 Å². The van der Waals surface area contributed by atoms with Gasteiger partial charge in [-0.05, 0) is 12.3 Å². The summed E-state index contributed by atoms with van der Waals surface area (Å²) >= 11 is 2.12. The zero-order valence-corrected chi connectivity index (χ0v) is 16.1. The monoisotopic (exact) mass is 425 g/mol. The zero-order chi connectivity index (χ0) is 16.9. The number of carbonyl (C=O) groups excluding carboxylic acids is 1. The van der Waals surface area contributed by atoms with Gasteiger partial charge in [-0.2, -0.15) is 5.10 Å². The number of halogens is 1. The first-order valence-electron chi connectivity index (χ1n) is 7.65. The fraction of sp³-hybridized carbons (Fsp3) is 0.500. The molecule has 2 aromatic rings. The Balaban J connectivity index is 2.40. The molecular formula is C16H20IN5O. The van der Waals surface area contributed by atoms with Gasteiger partial charge >= 0.3 is 0 Å².